The topological polar surface area (TPSA) is 71.8 Å². The highest BCUT2D eigenvalue weighted by molar-refractivity contribution is 5.84. The molecule has 1 saturated heterocycles. The van der Waals surface area contributed by atoms with Crippen LogP contribution in [0.25, 0.3) is 10.9 Å². The van der Waals surface area contributed by atoms with Crippen LogP contribution in [0.2, 0.25) is 0 Å². The van der Waals surface area contributed by atoms with E-state index in [-0.39, 0.29) is 0 Å². The van der Waals surface area contributed by atoms with E-state index in [1.807, 2.05) is 18.3 Å². The number of aromatic amines is 1. The third-order valence-electron chi connectivity index (χ3n) is 3.99. The number of nitrogens with zero attached hydrogens (tertiary/aromatic N) is 1. The first-order valence-electron chi connectivity index (χ1n) is 6.69. The van der Waals surface area contributed by atoms with Gasteiger partial charge in [-0.1, -0.05) is 0 Å². The summed E-state index contributed by atoms with van der Waals surface area (Å²) in [5.74, 6) is 0.297. The molecule has 1 fully saturated rings. The van der Waals surface area contributed by atoms with Gasteiger partial charge in [-0.05, 0) is 50.0 Å². The van der Waals surface area contributed by atoms with Crippen molar-refractivity contribution >= 4 is 10.9 Å². The first kappa shape index (κ1) is 12.2. The van der Waals surface area contributed by atoms with Crippen molar-refractivity contribution in [3.8, 4) is 6.07 Å². The van der Waals surface area contributed by atoms with Crippen LogP contribution in [-0.4, -0.2) is 23.2 Å². The van der Waals surface area contributed by atoms with Gasteiger partial charge in [-0.2, -0.15) is 5.26 Å². The Labute approximate surface area is 112 Å². The molecule has 1 aromatic carbocycles. The summed E-state index contributed by atoms with van der Waals surface area (Å²) in [5.41, 5.74) is 2.52. The van der Waals surface area contributed by atoms with E-state index in [4.69, 9.17) is 5.26 Å². The fraction of sp³-hybridized carbons (Fsp3) is 0.400. The molecule has 1 aliphatic rings. The first-order chi connectivity index (χ1) is 9.29. The number of piperidine rings is 1. The molecule has 4 nitrogen and oxygen atoms in total. The number of hydrogen-bond acceptors (Lipinski definition) is 3. The molecule has 0 radical (unpaired) electrons. The van der Waals surface area contributed by atoms with Crippen molar-refractivity contribution in [2.45, 2.75) is 18.9 Å². The second-order valence-corrected chi connectivity index (χ2v) is 5.15. The van der Waals surface area contributed by atoms with Gasteiger partial charge >= 0.3 is 0 Å². The van der Waals surface area contributed by atoms with Crippen molar-refractivity contribution in [2.24, 2.45) is 5.92 Å². The van der Waals surface area contributed by atoms with Crippen molar-refractivity contribution in [1.29, 1.82) is 5.26 Å². The molecule has 2 aromatic rings. The van der Waals surface area contributed by atoms with Crippen LogP contribution in [0, 0.1) is 17.2 Å². The van der Waals surface area contributed by atoms with Crippen LogP contribution in [0.4, 0.5) is 0 Å². The van der Waals surface area contributed by atoms with Crippen molar-refractivity contribution < 1.29 is 5.11 Å². The van der Waals surface area contributed by atoms with Crippen LogP contribution in [0.1, 0.15) is 30.1 Å². The number of rotatable bonds is 2. The summed E-state index contributed by atoms with van der Waals surface area (Å²) in [4.78, 5) is 3.17. The van der Waals surface area contributed by atoms with Crippen molar-refractivity contribution in [2.75, 3.05) is 13.1 Å². The second kappa shape index (κ2) is 5.04. The van der Waals surface area contributed by atoms with E-state index in [1.54, 1.807) is 6.07 Å². The van der Waals surface area contributed by atoms with Gasteiger partial charge in [0.05, 0.1) is 17.7 Å². The minimum absolute atomic E-state index is 0.297. The van der Waals surface area contributed by atoms with Gasteiger partial charge in [0, 0.05) is 22.7 Å². The summed E-state index contributed by atoms with van der Waals surface area (Å²) in [5, 5.41) is 23.8. The molecule has 98 valence electrons. The van der Waals surface area contributed by atoms with E-state index >= 15 is 0 Å². The highest BCUT2D eigenvalue weighted by Crippen LogP contribution is 2.33. The fourth-order valence-corrected chi connectivity index (χ4v) is 2.87. The molecule has 3 rings (SSSR count). The summed E-state index contributed by atoms with van der Waals surface area (Å²) in [6, 6.07) is 7.69. The van der Waals surface area contributed by atoms with E-state index in [0.717, 1.165) is 42.4 Å². The average Bonchev–Trinajstić information content (AvgIpc) is 2.90. The molecule has 0 amide bonds. The van der Waals surface area contributed by atoms with Gasteiger partial charge in [-0.15, -0.1) is 0 Å². The SMILES string of the molecule is N#Cc1ccc2[nH]cc(C(O)C3CCNCC3)c2c1. The Kier molecular flexibility index (Phi) is 3.24. The molecule has 1 unspecified atom stereocenters. The summed E-state index contributed by atoms with van der Waals surface area (Å²) in [6.07, 6.45) is 3.40. The number of nitrogens with one attached hydrogen (secondary N) is 2. The molecule has 1 aliphatic heterocycles. The second-order valence-electron chi connectivity index (χ2n) is 5.15. The van der Waals surface area contributed by atoms with Crippen LogP contribution in [0.15, 0.2) is 24.4 Å². The molecule has 19 heavy (non-hydrogen) atoms. The van der Waals surface area contributed by atoms with Crippen molar-refractivity contribution in [3.63, 3.8) is 0 Å². The predicted octanol–water partition coefficient (Wildman–Crippen LogP) is 2.07. The molecule has 0 bridgehead atoms. The number of H-pyrrole nitrogens is 1. The van der Waals surface area contributed by atoms with Crippen LogP contribution in [-0.2, 0) is 0 Å². The van der Waals surface area contributed by atoms with Crippen LogP contribution >= 0.6 is 0 Å². The van der Waals surface area contributed by atoms with E-state index in [1.165, 1.54) is 0 Å². The van der Waals surface area contributed by atoms with Crippen LogP contribution in [0.3, 0.4) is 0 Å². The molecule has 2 heterocycles. The molecule has 0 saturated carbocycles. The van der Waals surface area contributed by atoms with Crippen molar-refractivity contribution in [3.05, 3.63) is 35.5 Å². The number of benzene rings is 1. The third-order valence-corrected chi connectivity index (χ3v) is 3.99. The highest BCUT2D eigenvalue weighted by Gasteiger charge is 2.25. The number of aliphatic hydroxyl groups is 1. The molecular formula is C15H17N3O. The van der Waals surface area contributed by atoms with Gasteiger partial charge in [-0.3, -0.25) is 0 Å². The van der Waals surface area contributed by atoms with Crippen LogP contribution < -0.4 is 5.32 Å². The number of nitriles is 1. The minimum atomic E-state index is -0.454. The van der Waals surface area contributed by atoms with Crippen molar-refractivity contribution in [1.82, 2.24) is 10.3 Å². The zero-order valence-electron chi connectivity index (χ0n) is 10.7. The molecule has 0 aliphatic carbocycles. The lowest BCUT2D eigenvalue weighted by atomic mass is 9.88. The molecule has 4 heteroatoms. The quantitative estimate of drug-likeness (QED) is 0.769. The van der Waals surface area contributed by atoms with Gasteiger partial charge in [-0.25, -0.2) is 0 Å². The predicted molar refractivity (Wildman–Crippen MR) is 73.6 cm³/mol. The summed E-state index contributed by atoms with van der Waals surface area (Å²) in [6.45, 7) is 1.93. The normalized spacial score (nSPS) is 18.3. The molecule has 3 N–H and O–H groups in total. The Morgan fingerprint density at radius 2 is 2.11 bits per heavy atom. The lowest BCUT2D eigenvalue weighted by Gasteiger charge is -2.27. The largest absolute Gasteiger partial charge is 0.388 e. The number of hydrogen-bond donors (Lipinski definition) is 3. The maximum atomic E-state index is 10.6. The molecule has 0 spiro atoms. The Bertz CT molecular complexity index is 620. The number of aromatic nitrogens is 1. The van der Waals surface area contributed by atoms with Gasteiger partial charge in [0.15, 0.2) is 0 Å². The zero-order valence-corrected chi connectivity index (χ0v) is 10.7. The smallest absolute Gasteiger partial charge is 0.0991 e. The maximum Gasteiger partial charge on any atom is 0.0991 e. The lowest BCUT2D eigenvalue weighted by molar-refractivity contribution is 0.0902. The fourth-order valence-electron chi connectivity index (χ4n) is 2.87. The Morgan fingerprint density at radius 1 is 1.32 bits per heavy atom. The molecule has 1 atom stereocenters. The van der Waals surface area contributed by atoms with Gasteiger partial charge < -0.3 is 15.4 Å². The maximum absolute atomic E-state index is 10.6. The van der Waals surface area contributed by atoms with Gasteiger partial charge in [0.1, 0.15) is 0 Å². The van der Waals surface area contributed by atoms with E-state index < -0.39 is 6.10 Å². The van der Waals surface area contributed by atoms with E-state index in [2.05, 4.69) is 16.4 Å². The van der Waals surface area contributed by atoms with Crippen LogP contribution in [0.5, 0.6) is 0 Å². The highest BCUT2D eigenvalue weighted by atomic mass is 16.3. The standard InChI is InChI=1S/C15H17N3O/c16-8-10-1-2-14-12(7-10)13(9-18-14)15(19)11-3-5-17-6-4-11/h1-2,7,9,11,15,17-19H,3-6H2. The number of fused-ring (bicyclic) bond motifs is 1. The monoisotopic (exact) mass is 255 g/mol. The van der Waals surface area contributed by atoms with E-state index in [9.17, 15) is 5.11 Å². The third kappa shape index (κ3) is 2.23. The Morgan fingerprint density at radius 3 is 2.84 bits per heavy atom. The molecule has 1 aromatic heterocycles. The summed E-state index contributed by atoms with van der Waals surface area (Å²) in [7, 11) is 0. The summed E-state index contributed by atoms with van der Waals surface area (Å²) < 4.78 is 0. The van der Waals surface area contributed by atoms with Gasteiger partial charge in [0.25, 0.3) is 0 Å². The molecular weight excluding hydrogens is 238 g/mol. The Balaban J connectivity index is 1.97. The lowest BCUT2D eigenvalue weighted by Crippen LogP contribution is -2.30. The summed E-state index contributed by atoms with van der Waals surface area (Å²) >= 11 is 0. The minimum Gasteiger partial charge on any atom is -0.388 e. The number of aliphatic hydroxyl groups excluding tert-OH is 1. The zero-order chi connectivity index (χ0) is 13.2. The first-order valence-corrected chi connectivity index (χ1v) is 6.69. The van der Waals surface area contributed by atoms with Gasteiger partial charge in [0.2, 0.25) is 0 Å². The average molecular weight is 255 g/mol. The van der Waals surface area contributed by atoms with E-state index in [0.29, 0.717) is 11.5 Å². The Hall–Kier alpha value is -1.83.